The number of nitrogens with zero attached hydrogens (tertiary/aromatic N) is 3. The molecule has 3 aliphatic rings. The number of aryl methyl sites for hydroxylation is 1. The van der Waals surface area contributed by atoms with Crippen LogP contribution in [-0.2, 0) is 0 Å². The van der Waals surface area contributed by atoms with Crippen molar-refractivity contribution in [1.29, 1.82) is 0 Å². The van der Waals surface area contributed by atoms with Gasteiger partial charge in [-0.05, 0) is 49.6 Å². The summed E-state index contributed by atoms with van der Waals surface area (Å²) in [6, 6.07) is 10.9. The first-order valence-corrected chi connectivity index (χ1v) is 10.1. The minimum Gasteiger partial charge on any atom is -0.333 e. The van der Waals surface area contributed by atoms with Gasteiger partial charge in [0.25, 0.3) is 5.91 Å². The van der Waals surface area contributed by atoms with Crippen molar-refractivity contribution in [3.63, 3.8) is 0 Å². The normalized spacial score (nSPS) is 22.7. The van der Waals surface area contributed by atoms with Gasteiger partial charge in [-0.1, -0.05) is 6.07 Å². The zero-order valence-corrected chi connectivity index (χ0v) is 15.7. The summed E-state index contributed by atoms with van der Waals surface area (Å²) in [5.74, 6) is 0.0736. The van der Waals surface area contributed by atoms with Crippen LogP contribution in [0.1, 0.15) is 28.2 Å². The van der Waals surface area contributed by atoms with Crippen molar-refractivity contribution in [1.82, 2.24) is 20.0 Å². The van der Waals surface area contributed by atoms with Gasteiger partial charge in [-0.25, -0.2) is 0 Å². The average molecular weight is 366 g/mol. The smallest absolute Gasteiger partial charge is 0.275 e. The molecule has 0 saturated carbocycles. The van der Waals surface area contributed by atoms with Gasteiger partial charge in [0.05, 0.1) is 5.52 Å². The number of fused-ring (bicyclic) bond motifs is 5. The van der Waals surface area contributed by atoms with Gasteiger partial charge in [-0.3, -0.25) is 9.89 Å². The van der Waals surface area contributed by atoms with Crippen LogP contribution in [0.4, 0.5) is 0 Å². The molecule has 6 rings (SSSR count). The maximum absolute atomic E-state index is 13.3. The Morgan fingerprint density at radius 3 is 2.77 bits per heavy atom. The maximum atomic E-state index is 13.3. The monoisotopic (exact) mass is 366 g/mol. The first-order valence-electron chi connectivity index (χ1n) is 9.27. The van der Waals surface area contributed by atoms with Crippen molar-refractivity contribution in [2.75, 3.05) is 26.2 Å². The lowest BCUT2D eigenvalue weighted by molar-refractivity contribution is 0.0681. The molecule has 0 radical (unpaired) electrons. The summed E-state index contributed by atoms with van der Waals surface area (Å²) in [4.78, 5) is 20.3. The number of thiophene rings is 1. The molecule has 3 aliphatic heterocycles. The van der Waals surface area contributed by atoms with E-state index >= 15 is 0 Å². The lowest BCUT2D eigenvalue weighted by Gasteiger charge is -2.31. The van der Waals surface area contributed by atoms with Gasteiger partial charge in [-0.2, -0.15) is 5.10 Å². The second-order valence-electron chi connectivity index (χ2n) is 7.31. The van der Waals surface area contributed by atoms with Crippen LogP contribution >= 0.6 is 11.3 Å². The molecule has 2 aromatic heterocycles. The lowest BCUT2D eigenvalue weighted by Crippen LogP contribution is -2.41. The second-order valence-corrected chi connectivity index (χ2v) is 8.60. The third-order valence-electron chi connectivity index (χ3n) is 5.71. The van der Waals surface area contributed by atoms with Gasteiger partial charge in [-0.15, -0.1) is 11.3 Å². The summed E-state index contributed by atoms with van der Waals surface area (Å²) in [6.07, 6.45) is 2.15. The number of nitrogens with one attached hydrogen (secondary N) is 1. The Labute approximate surface area is 156 Å². The van der Waals surface area contributed by atoms with Gasteiger partial charge in [0, 0.05) is 47.4 Å². The highest BCUT2D eigenvalue weighted by molar-refractivity contribution is 7.15. The number of aromatic amines is 1. The largest absolute Gasteiger partial charge is 0.333 e. The number of rotatable bonds is 2. The van der Waals surface area contributed by atoms with Gasteiger partial charge < -0.3 is 9.80 Å². The number of carbonyl (C=O) groups excluding carboxylic acids is 1. The number of H-pyrrole nitrogens is 1. The van der Waals surface area contributed by atoms with Crippen LogP contribution in [0.2, 0.25) is 0 Å². The Hall–Kier alpha value is -2.18. The topological polar surface area (TPSA) is 52.2 Å². The first-order chi connectivity index (χ1) is 12.7. The van der Waals surface area contributed by atoms with Crippen molar-refractivity contribution < 1.29 is 4.79 Å². The SMILES string of the molecule is Cc1ccc(-c2ccc3[nH]nc(C(=O)N4CCN5CCC4CC5)c3c2)s1. The molecule has 3 fully saturated rings. The van der Waals surface area contributed by atoms with Crippen molar-refractivity contribution in [2.24, 2.45) is 0 Å². The summed E-state index contributed by atoms with van der Waals surface area (Å²) < 4.78 is 0. The highest BCUT2D eigenvalue weighted by atomic mass is 32.1. The van der Waals surface area contributed by atoms with E-state index in [1.165, 1.54) is 9.75 Å². The van der Waals surface area contributed by atoms with Crippen molar-refractivity contribution >= 4 is 28.1 Å². The van der Waals surface area contributed by atoms with Gasteiger partial charge in [0.15, 0.2) is 5.69 Å². The molecule has 0 atom stereocenters. The lowest BCUT2D eigenvalue weighted by atomic mass is 10.0. The third kappa shape index (κ3) is 2.64. The molecule has 0 aliphatic carbocycles. The molecule has 3 aromatic rings. The summed E-state index contributed by atoms with van der Waals surface area (Å²) in [6.45, 7) is 6.12. The van der Waals surface area contributed by atoms with Gasteiger partial charge in [0.1, 0.15) is 0 Å². The fourth-order valence-corrected chi connectivity index (χ4v) is 5.07. The van der Waals surface area contributed by atoms with Crippen LogP contribution in [0.5, 0.6) is 0 Å². The zero-order valence-electron chi connectivity index (χ0n) is 14.9. The fourth-order valence-electron chi connectivity index (χ4n) is 4.21. The Bertz CT molecular complexity index is 967. The molecule has 134 valence electrons. The molecule has 0 unspecified atom stereocenters. The van der Waals surface area contributed by atoms with E-state index in [1.807, 2.05) is 6.07 Å². The van der Waals surface area contributed by atoms with E-state index in [9.17, 15) is 4.79 Å². The summed E-state index contributed by atoms with van der Waals surface area (Å²) >= 11 is 1.78. The number of amides is 1. The van der Waals surface area contributed by atoms with Crippen LogP contribution in [0.15, 0.2) is 30.3 Å². The van der Waals surface area contributed by atoms with Crippen molar-refractivity contribution in [2.45, 2.75) is 25.8 Å². The van der Waals surface area contributed by atoms with E-state index in [1.54, 1.807) is 11.3 Å². The number of aromatic nitrogens is 2. The van der Waals surface area contributed by atoms with Crippen LogP contribution in [0.3, 0.4) is 0 Å². The molecular formula is C20H22N4OS. The Kier molecular flexibility index (Phi) is 3.83. The van der Waals surface area contributed by atoms with E-state index in [2.05, 4.69) is 51.2 Å². The number of hydrogen-bond acceptors (Lipinski definition) is 4. The Morgan fingerprint density at radius 1 is 1.15 bits per heavy atom. The molecule has 1 amide bonds. The van der Waals surface area contributed by atoms with Gasteiger partial charge in [0.2, 0.25) is 0 Å². The molecular weight excluding hydrogens is 344 g/mol. The molecule has 26 heavy (non-hydrogen) atoms. The van der Waals surface area contributed by atoms with Crippen LogP contribution in [0.25, 0.3) is 21.3 Å². The maximum Gasteiger partial charge on any atom is 0.275 e. The summed E-state index contributed by atoms with van der Waals surface area (Å²) in [5.41, 5.74) is 2.64. The molecule has 2 bridgehead atoms. The molecule has 1 N–H and O–H groups in total. The highest BCUT2D eigenvalue weighted by Crippen LogP contribution is 2.31. The second kappa shape index (κ2) is 6.21. The van der Waals surface area contributed by atoms with E-state index in [-0.39, 0.29) is 5.91 Å². The van der Waals surface area contributed by atoms with E-state index in [4.69, 9.17) is 0 Å². The standard InChI is InChI=1S/C20H22N4OS/c1-13-2-5-18(26-13)14-3-4-17-16(12-14)19(22-21-17)20(25)24-11-10-23-8-6-15(24)7-9-23/h2-5,12,15H,6-11H2,1H3,(H,21,22). The number of carbonyl (C=O) groups is 1. The van der Waals surface area contributed by atoms with E-state index in [0.717, 1.165) is 55.5 Å². The van der Waals surface area contributed by atoms with Crippen LogP contribution in [0, 0.1) is 6.92 Å². The Morgan fingerprint density at radius 2 is 2.00 bits per heavy atom. The van der Waals surface area contributed by atoms with Crippen LogP contribution in [-0.4, -0.2) is 58.1 Å². The zero-order chi connectivity index (χ0) is 17.7. The first kappa shape index (κ1) is 16.0. The van der Waals surface area contributed by atoms with E-state index in [0.29, 0.717) is 11.7 Å². The third-order valence-corrected chi connectivity index (χ3v) is 6.76. The number of benzene rings is 1. The Balaban J connectivity index is 1.53. The average Bonchev–Trinajstić information content (AvgIpc) is 3.16. The minimum atomic E-state index is 0.0736. The molecule has 5 nitrogen and oxygen atoms in total. The van der Waals surface area contributed by atoms with Crippen molar-refractivity contribution in [3.05, 3.63) is 40.9 Å². The predicted molar refractivity (Wildman–Crippen MR) is 105 cm³/mol. The molecule has 0 spiro atoms. The predicted octanol–water partition coefficient (Wildman–Crippen LogP) is 3.52. The molecule has 3 saturated heterocycles. The van der Waals surface area contributed by atoms with Crippen LogP contribution < -0.4 is 0 Å². The highest BCUT2D eigenvalue weighted by Gasteiger charge is 2.33. The fraction of sp³-hybridized carbons (Fsp3) is 0.400. The molecule has 6 heteroatoms. The quantitative estimate of drug-likeness (QED) is 0.755. The molecule has 5 heterocycles. The number of piperidine rings is 1. The summed E-state index contributed by atoms with van der Waals surface area (Å²) in [7, 11) is 0. The molecule has 1 aromatic carbocycles. The van der Waals surface area contributed by atoms with Crippen molar-refractivity contribution in [3.8, 4) is 10.4 Å². The van der Waals surface area contributed by atoms with E-state index < -0.39 is 0 Å². The number of hydrogen-bond donors (Lipinski definition) is 1. The minimum absolute atomic E-state index is 0.0736. The summed E-state index contributed by atoms with van der Waals surface area (Å²) in [5, 5.41) is 8.37. The van der Waals surface area contributed by atoms with Gasteiger partial charge >= 0.3 is 0 Å².